The molecule has 2 unspecified atom stereocenters. The lowest BCUT2D eigenvalue weighted by Crippen LogP contribution is -2.45. The first-order valence-electron chi connectivity index (χ1n) is 8.73. The van der Waals surface area contributed by atoms with Crippen molar-refractivity contribution in [3.8, 4) is 17.2 Å². The largest absolute Gasteiger partial charge is 0.508 e. The van der Waals surface area contributed by atoms with Gasteiger partial charge in [-0.1, -0.05) is 18.2 Å². The fourth-order valence-electron chi connectivity index (χ4n) is 2.83. The number of carboxylic acids is 1. The van der Waals surface area contributed by atoms with Gasteiger partial charge in [0.2, 0.25) is 5.91 Å². The van der Waals surface area contributed by atoms with Crippen molar-refractivity contribution in [2.75, 3.05) is 6.61 Å². The molecule has 0 aliphatic heterocycles. The second kappa shape index (κ2) is 9.61. The molecule has 0 fully saturated rings. The quantitative estimate of drug-likeness (QED) is 0.377. The minimum atomic E-state index is -1.21. The third-order valence-electron chi connectivity index (χ3n) is 4.37. The minimum Gasteiger partial charge on any atom is -0.508 e. The maximum absolute atomic E-state index is 12.6. The van der Waals surface area contributed by atoms with Gasteiger partial charge in [0, 0.05) is 25.0 Å². The summed E-state index contributed by atoms with van der Waals surface area (Å²) in [6, 6.07) is 8.78. The van der Waals surface area contributed by atoms with Gasteiger partial charge in [-0.3, -0.25) is 4.79 Å². The maximum atomic E-state index is 12.6. The Morgan fingerprint density at radius 2 is 1.57 bits per heavy atom. The summed E-state index contributed by atoms with van der Waals surface area (Å²) in [6.07, 6.45) is 0.180. The highest BCUT2D eigenvalue weighted by molar-refractivity contribution is 5.85. The molecular formula is C20H23NO7. The Labute approximate surface area is 161 Å². The molecule has 0 aromatic heterocycles. The van der Waals surface area contributed by atoms with Crippen LogP contribution in [0.15, 0.2) is 42.5 Å². The summed E-state index contributed by atoms with van der Waals surface area (Å²) in [5.41, 5.74) is 1.03. The zero-order chi connectivity index (χ0) is 20.7. The fraction of sp³-hybridized carbons (Fsp3) is 0.300. The van der Waals surface area contributed by atoms with Crippen molar-refractivity contribution in [3.63, 3.8) is 0 Å². The number of nitrogens with one attached hydrogen (secondary N) is 1. The SMILES string of the molecule is O=C(NC(Cc1ccc(O)cc1)C(=O)O)C(CCO)Cc1ccc(O)cc1O. The summed E-state index contributed by atoms with van der Waals surface area (Å²) in [5.74, 6) is -2.79. The third kappa shape index (κ3) is 5.88. The third-order valence-corrected chi connectivity index (χ3v) is 4.37. The van der Waals surface area contributed by atoms with Gasteiger partial charge in [-0.05, 0) is 42.2 Å². The molecule has 28 heavy (non-hydrogen) atoms. The number of aliphatic carboxylic acids is 1. The smallest absolute Gasteiger partial charge is 0.326 e. The summed E-state index contributed by atoms with van der Waals surface area (Å²) in [6.45, 7) is -0.285. The highest BCUT2D eigenvalue weighted by Crippen LogP contribution is 2.26. The molecule has 0 aliphatic carbocycles. The number of rotatable bonds is 9. The van der Waals surface area contributed by atoms with E-state index in [1.54, 1.807) is 12.1 Å². The van der Waals surface area contributed by atoms with Gasteiger partial charge in [0.05, 0.1) is 0 Å². The highest BCUT2D eigenvalue weighted by atomic mass is 16.4. The van der Waals surface area contributed by atoms with Gasteiger partial charge < -0.3 is 30.8 Å². The first kappa shape index (κ1) is 21.0. The summed E-state index contributed by atoms with van der Waals surface area (Å²) < 4.78 is 0. The second-order valence-electron chi connectivity index (χ2n) is 6.50. The molecule has 2 rings (SSSR count). The molecule has 0 saturated carbocycles. The number of hydrogen-bond acceptors (Lipinski definition) is 6. The van der Waals surface area contributed by atoms with Crippen LogP contribution in [0.2, 0.25) is 0 Å². The van der Waals surface area contributed by atoms with Crippen LogP contribution in [0.5, 0.6) is 17.2 Å². The number of aromatic hydroxyl groups is 3. The number of carbonyl (C=O) groups is 2. The van der Waals surface area contributed by atoms with Crippen LogP contribution >= 0.6 is 0 Å². The van der Waals surface area contributed by atoms with Gasteiger partial charge in [0.1, 0.15) is 23.3 Å². The van der Waals surface area contributed by atoms with E-state index in [1.165, 1.54) is 24.3 Å². The Morgan fingerprint density at radius 3 is 2.14 bits per heavy atom. The number of amides is 1. The molecule has 1 amide bonds. The van der Waals surface area contributed by atoms with E-state index in [0.29, 0.717) is 11.1 Å². The molecule has 2 atom stereocenters. The zero-order valence-electron chi connectivity index (χ0n) is 15.1. The Kier molecular flexibility index (Phi) is 7.22. The first-order chi connectivity index (χ1) is 13.3. The number of carboxylic acid groups (broad SMARTS) is 1. The number of phenolic OH excluding ortho intramolecular Hbond substituents is 3. The van der Waals surface area contributed by atoms with E-state index in [1.807, 2.05) is 0 Å². The lowest BCUT2D eigenvalue weighted by atomic mass is 9.94. The van der Waals surface area contributed by atoms with Crippen molar-refractivity contribution < 1.29 is 35.1 Å². The average molecular weight is 389 g/mol. The van der Waals surface area contributed by atoms with Crippen molar-refractivity contribution in [2.24, 2.45) is 5.92 Å². The fourth-order valence-corrected chi connectivity index (χ4v) is 2.83. The van der Waals surface area contributed by atoms with Gasteiger partial charge in [-0.25, -0.2) is 4.79 Å². The molecule has 0 saturated heterocycles. The van der Waals surface area contributed by atoms with E-state index < -0.39 is 23.8 Å². The summed E-state index contributed by atoms with van der Waals surface area (Å²) in [4.78, 5) is 24.2. The summed E-state index contributed by atoms with van der Waals surface area (Å²) in [5, 5.41) is 49.7. The van der Waals surface area contributed by atoms with Crippen molar-refractivity contribution in [1.82, 2.24) is 5.32 Å². The monoisotopic (exact) mass is 389 g/mol. The molecule has 0 aliphatic rings. The molecule has 150 valence electrons. The van der Waals surface area contributed by atoms with Crippen LogP contribution in [-0.2, 0) is 22.4 Å². The van der Waals surface area contributed by atoms with Gasteiger partial charge in [0.25, 0.3) is 0 Å². The maximum Gasteiger partial charge on any atom is 0.326 e. The summed E-state index contributed by atoms with van der Waals surface area (Å²) in [7, 11) is 0. The van der Waals surface area contributed by atoms with E-state index in [4.69, 9.17) is 0 Å². The molecule has 2 aromatic rings. The van der Waals surface area contributed by atoms with Crippen molar-refractivity contribution in [2.45, 2.75) is 25.3 Å². The zero-order valence-corrected chi connectivity index (χ0v) is 15.1. The van der Waals surface area contributed by atoms with Crippen LogP contribution in [0.25, 0.3) is 0 Å². The van der Waals surface area contributed by atoms with Crippen LogP contribution in [0.3, 0.4) is 0 Å². The summed E-state index contributed by atoms with van der Waals surface area (Å²) >= 11 is 0. The Hall–Kier alpha value is -3.26. The Bertz CT molecular complexity index is 820. The number of hydrogen-bond donors (Lipinski definition) is 6. The molecule has 0 heterocycles. The number of phenols is 3. The van der Waals surface area contributed by atoms with Crippen molar-refractivity contribution >= 4 is 11.9 Å². The first-order valence-corrected chi connectivity index (χ1v) is 8.73. The highest BCUT2D eigenvalue weighted by Gasteiger charge is 2.26. The molecule has 0 spiro atoms. The molecule has 8 nitrogen and oxygen atoms in total. The van der Waals surface area contributed by atoms with Crippen LogP contribution in [0, 0.1) is 5.92 Å². The predicted octanol–water partition coefficient (Wildman–Crippen LogP) is 1.16. The molecule has 8 heteroatoms. The standard InChI is InChI=1S/C20H23NO7/c22-8-7-14(10-13-3-6-16(24)11-18(13)25)19(26)21-17(20(27)28)9-12-1-4-15(23)5-2-12/h1-6,11,14,17,22-25H,7-10H2,(H,21,26)(H,27,28). The van der Waals surface area contributed by atoms with Gasteiger partial charge in [0.15, 0.2) is 0 Å². The van der Waals surface area contributed by atoms with Crippen LogP contribution < -0.4 is 5.32 Å². The Balaban J connectivity index is 2.11. The van der Waals surface area contributed by atoms with E-state index in [0.717, 1.165) is 6.07 Å². The van der Waals surface area contributed by atoms with E-state index in [2.05, 4.69) is 5.32 Å². The normalized spacial score (nSPS) is 12.9. The lowest BCUT2D eigenvalue weighted by molar-refractivity contribution is -0.142. The van der Waals surface area contributed by atoms with Gasteiger partial charge in [-0.2, -0.15) is 0 Å². The minimum absolute atomic E-state index is 0.0255. The van der Waals surface area contributed by atoms with Gasteiger partial charge in [-0.15, -0.1) is 0 Å². The van der Waals surface area contributed by atoms with Crippen LogP contribution in [0.4, 0.5) is 0 Å². The second-order valence-corrected chi connectivity index (χ2v) is 6.50. The van der Waals surface area contributed by atoms with Crippen LogP contribution in [0.1, 0.15) is 17.5 Å². The number of benzene rings is 2. The number of aliphatic hydroxyl groups excluding tert-OH is 1. The number of aliphatic hydroxyl groups is 1. The van der Waals surface area contributed by atoms with Gasteiger partial charge >= 0.3 is 5.97 Å². The average Bonchev–Trinajstić information content (AvgIpc) is 2.64. The van der Waals surface area contributed by atoms with Crippen molar-refractivity contribution in [3.05, 3.63) is 53.6 Å². The molecule has 0 radical (unpaired) electrons. The number of carbonyl (C=O) groups excluding carboxylic acids is 1. The van der Waals surface area contributed by atoms with E-state index in [-0.39, 0.29) is 43.1 Å². The molecule has 2 aromatic carbocycles. The van der Waals surface area contributed by atoms with Crippen LogP contribution in [-0.4, -0.2) is 50.1 Å². The van der Waals surface area contributed by atoms with Crippen molar-refractivity contribution in [1.29, 1.82) is 0 Å². The molecule has 6 N–H and O–H groups in total. The predicted molar refractivity (Wildman–Crippen MR) is 100 cm³/mol. The van der Waals surface area contributed by atoms with E-state index in [9.17, 15) is 35.1 Å². The molecule has 0 bridgehead atoms. The lowest BCUT2D eigenvalue weighted by Gasteiger charge is -2.20. The van der Waals surface area contributed by atoms with E-state index >= 15 is 0 Å². The Morgan fingerprint density at radius 1 is 0.929 bits per heavy atom. The topological polar surface area (TPSA) is 147 Å². The molecular weight excluding hydrogens is 366 g/mol.